The zero-order chi connectivity index (χ0) is 13.4. The van der Waals surface area contributed by atoms with Crippen molar-refractivity contribution in [2.75, 3.05) is 5.32 Å². The minimum Gasteiger partial charge on any atom is -0.339 e. The molecule has 1 amide bonds. The Hall–Kier alpha value is -1.33. The number of halogens is 2. The van der Waals surface area contributed by atoms with Crippen LogP contribution in [0.25, 0.3) is 0 Å². The minimum atomic E-state index is -0.174. The summed E-state index contributed by atoms with van der Waals surface area (Å²) in [5.41, 5.74) is 1.16. The fourth-order valence-corrected chi connectivity index (χ4v) is 2.53. The van der Waals surface area contributed by atoms with Crippen LogP contribution < -0.4 is 5.32 Å². The zero-order valence-corrected chi connectivity index (χ0v) is 12.3. The van der Waals surface area contributed by atoms with Gasteiger partial charge in [0.25, 0.3) is 5.91 Å². The standard InChI is InChI=1S/C13H11BrClN3O/c14-8-5-12(18(7-8)9-1-2-9)13(19)17-11-6-16-4-3-10(11)15/h3-7,9H,1-2H2,(H,17,19). The van der Waals surface area contributed by atoms with E-state index in [-0.39, 0.29) is 5.91 Å². The number of pyridine rings is 1. The number of amides is 1. The second-order valence-corrected chi connectivity index (χ2v) is 5.81. The summed E-state index contributed by atoms with van der Waals surface area (Å²) in [6, 6.07) is 3.90. The summed E-state index contributed by atoms with van der Waals surface area (Å²) >= 11 is 9.41. The van der Waals surface area contributed by atoms with Crippen LogP contribution in [0.5, 0.6) is 0 Å². The molecule has 2 aromatic rings. The predicted octanol–water partition coefficient (Wildman–Crippen LogP) is 3.89. The van der Waals surface area contributed by atoms with Crippen LogP contribution in [0.3, 0.4) is 0 Å². The summed E-state index contributed by atoms with van der Waals surface area (Å²) in [5, 5.41) is 3.27. The van der Waals surface area contributed by atoms with Gasteiger partial charge in [-0.2, -0.15) is 0 Å². The highest BCUT2D eigenvalue weighted by atomic mass is 79.9. The molecule has 0 aromatic carbocycles. The molecule has 1 aliphatic rings. The van der Waals surface area contributed by atoms with Gasteiger partial charge >= 0.3 is 0 Å². The quantitative estimate of drug-likeness (QED) is 0.921. The van der Waals surface area contributed by atoms with Gasteiger partial charge in [-0.05, 0) is 40.9 Å². The SMILES string of the molecule is O=C(Nc1cnccc1Cl)c1cc(Br)cn1C1CC1. The van der Waals surface area contributed by atoms with Gasteiger partial charge < -0.3 is 9.88 Å². The molecule has 4 nitrogen and oxygen atoms in total. The van der Waals surface area contributed by atoms with Gasteiger partial charge in [-0.3, -0.25) is 9.78 Å². The number of nitrogens with one attached hydrogen (secondary N) is 1. The molecule has 1 N–H and O–H groups in total. The van der Waals surface area contributed by atoms with E-state index in [9.17, 15) is 4.79 Å². The van der Waals surface area contributed by atoms with Crippen LogP contribution in [0.1, 0.15) is 29.4 Å². The van der Waals surface area contributed by atoms with Crippen molar-refractivity contribution in [2.24, 2.45) is 0 Å². The van der Waals surface area contributed by atoms with Crippen molar-refractivity contribution in [3.8, 4) is 0 Å². The molecule has 2 heterocycles. The van der Waals surface area contributed by atoms with Crippen molar-refractivity contribution in [1.29, 1.82) is 0 Å². The third kappa shape index (κ3) is 2.67. The average molecular weight is 341 g/mol. The first kappa shape index (κ1) is 12.7. The summed E-state index contributed by atoms with van der Waals surface area (Å²) in [4.78, 5) is 16.2. The Morgan fingerprint density at radius 3 is 3.00 bits per heavy atom. The third-order valence-electron chi connectivity index (χ3n) is 3.00. The number of carbonyl (C=O) groups is 1. The Morgan fingerprint density at radius 2 is 2.32 bits per heavy atom. The Labute approximate surface area is 123 Å². The summed E-state index contributed by atoms with van der Waals surface area (Å²) < 4.78 is 2.91. The average Bonchev–Trinajstić information content (AvgIpc) is 3.15. The largest absolute Gasteiger partial charge is 0.339 e. The number of anilines is 1. The van der Waals surface area contributed by atoms with Gasteiger partial charge in [0.15, 0.2) is 0 Å². The van der Waals surface area contributed by atoms with Crippen LogP contribution >= 0.6 is 27.5 Å². The van der Waals surface area contributed by atoms with Gasteiger partial charge in [0.05, 0.1) is 16.9 Å². The lowest BCUT2D eigenvalue weighted by molar-refractivity contribution is 0.101. The number of hydrogen-bond donors (Lipinski definition) is 1. The van der Waals surface area contributed by atoms with Crippen LogP contribution in [-0.4, -0.2) is 15.5 Å². The van der Waals surface area contributed by atoms with E-state index in [0.29, 0.717) is 22.4 Å². The van der Waals surface area contributed by atoms with Gasteiger partial charge in [-0.1, -0.05) is 11.6 Å². The first-order valence-corrected chi connectivity index (χ1v) is 7.10. The zero-order valence-electron chi connectivity index (χ0n) is 9.94. The molecule has 0 unspecified atom stereocenters. The van der Waals surface area contributed by atoms with Gasteiger partial charge in [0, 0.05) is 22.9 Å². The summed E-state index contributed by atoms with van der Waals surface area (Å²) in [5.74, 6) is -0.174. The number of hydrogen-bond acceptors (Lipinski definition) is 2. The molecule has 6 heteroatoms. The lowest BCUT2D eigenvalue weighted by Gasteiger charge is -2.09. The molecule has 1 aliphatic carbocycles. The maximum absolute atomic E-state index is 12.3. The molecule has 0 radical (unpaired) electrons. The molecule has 0 saturated heterocycles. The van der Waals surface area contributed by atoms with E-state index >= 15 is 0 Å². The highest BCUT2D eigenvalue weighted by molar-refractivity contribution is 9.10. The first-order valence-electron chi connectivity index (χ1n) is 5.93. The van der Waals surface area contributed by atoms with Crippen molar-refractivity contribution in [2.45, 2.75) is 18.9 Å². The molecule has 2 aromatic heterocycles. The van der Waals surface area contributed by atoms with E-state index in [1.165, 1.54) is 0 Å². The highest BCUT2D eigenvalue weighted by Gasteiger charge is 2.27. The summed E-state index contributed by atoms with van der Waals surface area (Å²) in [6.07, 6.45) is 7.31. The van der Waals surface area contributed by atoms with Crippen molar-refractivity contribution >= 4 is 39.1 Å². The van der Waals surface area contributed by atoms with Gasteiger partial charge in [0.2, 0.25) is 0 Å². The lowest BCUT2D eigenvalue weighted by atomic mass is 10.3. The maximum atomic E-state index is 12.3. The van der Waals surface area contributed by atoms with E-state index in [2.05, 4.69) is 26.2 Å². The van der Waals surface area contributed by atoms with Gasteiger partial charge in [-0.25, -0.2) is 0 Å². The number of carbonyl (C=O) groups excluding carboxylic acids is 1. The molecular weight excluding hydrogens is 330 g/mol. The molecular formula is C13H11BrClN3O. The van der Waals surface area contributed by atoms with E-state index in [1.807, 2.05) is 16.8 Å². The second-order valence-electron chi connectivity index (χ2n) is 4.49. The molecule has 0 spiro atoms. The van der Waals surface area contributed by atoms with Crippen molar-refractivity contribution in [3.05, 3.63) is 45.9 Å². The monoisotopic (exact) mass is 339 g/mol. The predicted molar refractivity (Wildman–Crippen MR) is 77.6 cm³/mol. The van der Waals surface area contributed by atoms with Crippen LogP contribution in [0.4, 0.5) is 5.69 Å². The molecule has 19 heavy (non-hydrogen) atoms. The maximum Gasteiger partial charge on any atom is 0.272 e. The minimum absolute atomic E-state index is 0.174. The molecule has 0 bridgehead atoms. The van der Waals surface area contributed by atoms with E-state index in [0.717, 1.165) is 17.3 Å². The Morgan fingerprint density at radius 1 is 1.53 bits per heavy atom. The van der Waals surface area contributed by atoms with Gasteiger partial charge in [-0.15, -0.1) is 0 Å². The van der Waals surface area contributed by atoms with Crippen LogP contribution in [-0.2, 0) is 0 Å². The molecule has 1 saturated carbocycles. The van der Waals surface area contributed by atoms with Crippen molar-refractivity contribution in [1.82, 2.24) is 9.55 Å². The first-order chi connectivity index (χ1) is 9.15. The number of aromatic nitrogens is 2. The Kier molecular flexibility index (Phi) is 3.33. The number of rotatable bonds is 3. The van der Waals surface area contributed by atoms with E-state index < -0.39 is 0 Å². The fourth-order valence-electron chi connectivity index (χ4n) is 1.94. The number of nitrogens with zero attached hydrogens (tertiary/aromatic N) is 2. The molecule has 3 rings (SSSR count). The third-order valence-corrected chi connectivity index (χ3v) is 3.77. The van der Waals surface area contributed by atoms with Crippen LogP contribution in [0.15, 0.2) is 35.2 Å². The summed E-state index contributed by atoms with van der Waals surface area (Å²) in [6.45, 7) is 0. The second kappa shape index (κ2) is 4.98. The van der Waals surface area contributed by atoms with Crippen molar-refractivity contribution < 1.29 is 4.79 Å². The molecule has 0 atom stereocenters. The molecule has 1 fully saturated rings. The Balaban J connectivity index is 1.86. The molecule has 0 aliphatic heterocycles. The summed E-state index contributed by atoms with van der Waals surface area (Å²) in [7, 11) is 0. The highest BCUT2D eigenvalue weighted by Crippen LogP contribution is 2.37. The van der Waals surface area contributed by atoms with Gasteiger partial charge in [0.1, 0.15) is 5.69 Å². The normalized spacial score (nSPS) is 14.4. The smallest absolute Gasteiger partial charge is 0.272 e. The van der Waals surface area contributed by atoms with Crippen LogP contribution in [0.2, 0.25) is 5.02 Å². The van der Waals surface area contributed by atoms with E-state index in [4.69, 9.17) is 11.6 Å². The van der Waals surface area contributed by atoms with E-state index in [1.54, 1.807) is 18.5 Å². The van der Waals surface area contributed by atoms with Crippen molar-refractivity contribution in [3.63, 3.8) is 0 Å². The topological polar surface area (TPSA) is 46.9 Å². The fraction of sp³-hybridized carbons (Fsp3) is 0.231. The van der Waals surface area contributed by atoms with Crippen LogP contribution in [0, 0.1) is 0 Å². The lowest BCUT2D eigenvalue weighted by Crippen LogP contribution is -2.16. The molecule has 98 valence electrons. The Bertz CT molecular complexity index is 637.